The van der Waals surface area contributed by atoms with E-state index in [1.807, 2.05) is 19.9 Å². The summed E-state index contributed by atoms with van der Waals surface area (Å²) < 4.78 is 31.2. The molecule has 3 rings (SSSR count). The number of ether oxygens (including phenoxy) is 1. The number of sulfone groups is 1. The molecule has 2 amide bonds. The number of hydrogen-bond acceptors (Lipinski definition) is 7. The Balaban J connectivity index is 2.05. The van der Waals surface area contributed by atoms with Gasteiger partial charge in [-0.05, 0) is 43.2 Å². The number of anilines is 1. The normalized spacial score (nSPS) is 11.3. The molecule has 0 unspecified atom stereocenters. The Hall–Kier alpha value is -3.73. The summed E-state index contributed by atoms with van der Waals surface area (Å²) >= 11 is 0. The van der Waals surface area contributed by atoms with E-state index in [-0.39, 0.29) is 34.1 Å². The van der Waals surface area contributed by atoms with Gasteiger partial charge in [0.15, 0.2) is 9.84 Å². The Bertz CT molecular complexity index is 1300. The number of nitrogens with two attached hydrogens (primary N) is 1. The van der Waals surface area contributed by atoms with Gasteiger partial charge in [0.05, 0.1) is 40.7 Å². The van der Waals surface area contributed by atoms with E-state index in [2.05, 4.69) is 15.4 Å². The van der Waals surface area contributed by atoms with Gasteiger partial charge in [-0.3, -0.25) is 19.3 Å². The molecule has 0 bridgehead atoms. The third-order valence-corrected chi connectivity index (χ3v) is 6.07. The second-order valence-electron chi connectivity index (χ2n) is 7.60. The van der Waals surface area contributed by atoms with Crippen molar-refractivity contribution in [2.24, 2.45) is 5.73 Å². The molecule has 0 aliphatic carbocycles. The first kappa shape index (κ1) is 24.9. The van der Waals surface area contributed by atoms with Crippen LogP contribution in [0.4, 0.5) is 5.69 Å². The van der Waals surface area contributed by atoms with Gasteiger partial charge in [-0.1, -0.05) is 19.9 Å². The standard InChI is InChI=1S/C23H27N5O5S/c1-4-12-33-19-10-9-16(34(3,31)32)13-17(19)23(30)26-20-18(5-2)27-28(21(20)22(24)29)14-15-8-6-7-11-25-15/h6-11,13H,4-5,12,14H2,1-3H3,(H2,24,29)(H,26,30). The van der Waals surface area contributed by atoms with Crippen LogP contribution in [0.15, 0.2) is 47.5 Å². The quantitative estimate of drug-likeness (QED) is 0.448. The molecule has 0 fully saturated rings. The highest BCUT2D eigenvalue weighted by molar-refractivity contribution is 7.90. The Labute approximate surface area is 198 Å². The zero-order valence-electron chi connectivity index (χ0n) is 19.2. The number of hydrogen-bond donors (Lipinski definition) is 2. The third kappa shape index (κ3) is 5.60. The number of aryl methyl sites for hydroxylation is 1. The van der Waals surface area contributed by atoms with Crippen LogP contribution in [-0.4, -0.2) is 47.9 Å². The Morgan fingerprint density at radius 3 is 2.53 bits per heavy atom. The molecule has 2 aromatic heterocycles. The molecule has 34 heavy (non-hydrogen) atoms. The van der Waals surface area contributed by atoms with E-state index in [0.717, 1.165) is 6.26 Å². The smallest absolute Gasteiger partial charge is 0.269 e. The SMILES string of the molecule is CCCOc1ccc(S(C)(=O)=O)cc1C(=O)Nc1c(CC)nn(Cc2ccccn2)c1C(N)=O. The molecule has 10 nitrogen and oxygen atoms in total. The van der Waals surface area contributed by atoms with E-state index in [9.17, 15) is 18.0 Å². The van der Waals surface area contributed by atoms with Crippen molar-refractivity contribution >= 4 is 27.3 Å². The van der Waals surface area contributed by atoms with Gasteiger partial charge in [-0.25, -0.2) is 8.42 Å². The summed E-state index contributed by atoms with van der Waals surface area (Å²) in [5.74, 6) is -1.19. The fourth-order valence-corrected chi connectivity index (χ4v) is 3.98. The van der Waals surface area contributed by atoms with Gasteiger partial charge in [-0.15, -0.1) is 0 Å². The van der Waals surface area contributed by atoms with E-state index in [1.54, 1.807) is 18.3 Å². The van der Waals surface area contributed by atoms with E-state index in [0.29, 0.717) is 30.8 Å². The molecule has 0 aliphatic heterocycles. The molecule has 11 heteroatoms. The largest absolute Gasteiger partial charge is 0.493 e. The van der Waals surface area contributed by atoms with Crippen LogP contribution in [0, 0.1) is 0 Å². The van der Waals surface area contributed by atoms with Crippen LogP contribution in [0.5, 0.6) is 5.75 Å². The van der Waals surface area contributed by atoms with Crippen molar-refractivity contribution < 1.29 is 22.7 Å². The lowest BCUT2D eigenvalue weighted by Gasteiger charge is -2.13. The number of carbonyl (C=O) groups excluding carboxylic acids is 2. The molecular formula is C23H27N5O5S. The van der Waals surface area contributed by atoms with Gasteiger partial charge in [0.25, 0.3) is 11.8 Å². The summed E-state index contributed by atoms with van der Waals surface area (Å²) in [6.07, 6.45) is 3.78. The van der Waals surface area contributed by atoms with Crippen molar-refractivity contribution in [2.45, 2.75) is 38.1 Å². The van der Waals surface area contributed by atoms with Crippen LogP contribution in [0.25, 0.3) is 0 Å². The number of rotatable bonds is 10. The molecule has 0 aliphatic rings. The first-order chi connectivity index (χ1) is 16.2. The first-order valence-corrected chi connectivity index (χ1v) is 12.6. The van der Waals surface area contributed by atoms with Gasteiger partial charge in [0, 0.05) is 12.5 Å². The van der Waals surface area contributed by atoms with Crippen molar-refractivity contribution in [3.63, 3.8) is 0 Å². The molecule has 2 heterocycles. The highest BCUT2D eigenvalue weighted by Gasteiger charge is 2.25. The zero-order valence-corrected chi connectivity index (χ0v) is 20.1. The topological polar surface area (TPSA) is 146 Å². The molecule has 3 N–H and O–H groups in total. The molecule has 0 saturated heterocycles. The highest BCUT2D eigenvalue weighted by Crippen LogP contribution is 2.27. The average Bonchev–Trinajstić information content (AvgIpc) is 3.14. The second-order valence-corrected chi connectivity index (χ2v) is 9.62. The lowest BCUT2D eigenvalue weighted by atomic mass is 10.1. The molecule has 3 aromatic rings. The van der Waals surface area contributed by atoms with Gasteiger partial charge >= 0.3 is 0 Å². The predicted octanol–water partition coefficient (Wildman–Crippen LogP) is 2.43. The predicted molar refractivity (Wildman–Crippen MR) is 127 cm³/mol. The second kappa shape index (κ2) is 10.5. The van der Waals surface area contributed by atoms with Crippen molar-refractivity contribution in [2.75, 3.05) is 18.2 Å². The summed E-state index contributed by atoms with van der Waals surface area (Å²) in [5, 5.41) is 7.17. The number of benzene rings is 1. The van der Waals surface area contributed by atoms with Crippen molar-refractivity contribution in [3.05, 3.63) is 65.2 Å². The maximum atomic E-state index is 13.3. The lowest BCUT2D eigenvalue weighted by Crippen LogP contribution is -2.22. The molecule has 0 saturated carbocycles. The summed E-state index contributed by atoms with van der Waals surface area (Å²) in [7, 11) is -3.57. The number of nitrogens with one attached hydrogen (secondary N) is 1. The van der Waals surface area contributed by atoms with Crippen LogP contribution >= 0.6 is 0 Å². The minimum atomic E-state index is -3.57. The van der Waals surface area contributed by atoms with Crippen LogP contribution in [0.2, 0.25) is 0 Å². The van der Waals surface area contributed by atoms with Crippen LogP contribution in [-0.2, 0) is 22.8 Å². The van der Waals surface area contributed by atoms with E-state index in [1.165, 1.54) is 22.9 Å². The minimum absolute atomic E-state index is 0.0196. The van der Waals surface area contributed by atoms with E-state index in [4.69, 9.17) is 10.5 Å². The monoisotopic (exact) mass is 485 g/mol. The zero-order chi connectivity index (χ0) is 24.9. The molecule has 0 spiro atoms. The molecular weight excluding hydrogens is 458 g/mol. The van der Waals surface area contributed by atoms with E-state index >= 15 is 0 Å². The molecule has 180 valence electrons. The lowest BCUT2D eigenvalue weighted by molar-refractivity contribution is 0.0991. The Morgan fingerprint density at radius 2 is 1.94 bits per heavy atom. The van der Waals surface area contributed by atoms with Crippen molar-refractivity contribution in [1.29, 1.82) is 0 Å². The van der Waals surface area contributed by atoms with Crippen molar-refractivity contribution in [3.8, 4) is 5.75 Å². The Kier molecular flexibility index (Phi) is 7.67. The highest BCUT2D eigenvalue weighted by atomic mass is 32.2. The number of pyridine rings is 1. The number of aromatic nitrogens is 3. The number of nitrogens with zero attached hydrogens (tertiary/aromatic N) is 3. The third-order valence-electron chi connectivity index (χ3n) is 4.96. The van der Waals surface area contributed by atoms with Crippen LogP contribution in [0.3, 0.4) is 0 Å². The molecule has 0 radical (unpaired) electrons. The van der Waals surface area contributed by atoms with Gasteiger partial charge in [-0.2, -0.15) is 5.10 Å². The minimum Gasteiger partial charge on any atom is -0.493 e. The van der Waals surface area contributed by atoms with Gasteiger partial charge in [0.2, 0.25) is 0 Å². The number of primary amides is 1. The maximum Gasteiger partial charge on any atom is 0.269 e. The first-order valence-electron chi connectivity index (χ1n) is 10.7. The number of carbonyl (C=O) groups is 2. The van der Waals surface area contributed by atoms with Crippen LogP contribution < -0.4 is 15.8 Å². The summed E-state index contributed by atoms with van der Waals surface area (Å²) in [5.41, 5.74) is 6.97. The van der Waals surface area contributed by atoms with Gasteiger partial charge in [0.1, 0.15) is 11.4 Å². The fourth-order valence-electron chi connectivity index (χ4n) is 3.34. The van der Waals surface area contributed by atoms with Crippen LogP contribution in [0.1, 0.15) is 52.5 Å². The van der Waals surface area contributed by atoms with Gasteiger partial charge < -0.3 is 15.8 Å². The van der Waals surface area contributed by atoms with Crippen molar-refractivity contribution in [1.82, 2.24) is 14.8 Å². The van der Waals surface area contributed by atoms with E-state index < -0.39 is 21.7 Å². The number of amides is 2. The summed E-state index contributed by atoms with van der Waals surface area (Å²) in [6.45, 7) is 4.25. The molecule has 1 aromatic carbocycles. The fraction of sp³-hybridized carbons (Fsp3) is 0.304. The summed E-state index contributed by atoms with van der Waals surface area (Å²) in [6, 6.07) is 9.45. The average molecular weight is 486 g/mol. The summed E-state index contributed by atoms with van der Waals surface area (Å²) in [4.78, 5) is 29.9. The molecule has 0 atom stereocenters. The maximum absolute atomic E-state index is 13.3. The Morgan fingerprint density at radius 1 is 1.18 bits per heavy atom.